The van der Waals surface area contributed by atoms with Gasteiger partial charge >= 0.3 is 5.97 Å². The summed E-state index contributed by atoms with van der Waals surface area (Å²) in [7, 11) is 0. The third kappa shape index (κ3) is 4.74. The summed E-state index contributed by atoms with van der Waals surface area (Å²) in [5.41, 5.74) is 4.51. The maximum atomic E-state index is 13.1. The Hall–Kier alpha value is -3.67. The molecule has 160 valence electrons. The van der Waals surface area contributed by atoms with Crippen LogP contribution in [0.4, 0.5) is 5.69 Å². The number of Topliss-reactive ketones (excluding diaryl/α,β-unsaturated/α-hetero) is 1. The molecule has 0 bridgehead atoms. The summed E-state index contributed by atoms with van der Waals surface area (Å²) in [6.45, 7) is 7.59. The first kappa shape index (κ1) is 22.0. The second kappa shape index (κ2) is 9.43. The summed E-state index contributed by atoms with van der Waals surface area (Å²) >= 11 is 0. The van der Waals surface area contributed by atoms with E-state index in [1.54, 1.807) is 26.0 Å². The Morgan fingerprint density at radius 1 is 0.935 bits per heavy atom. The van der Waals surface area contributed by atoms with Gasteiger partial charge in [0, 0.05) is 16.9 Å². The van der Waals surface area contributed by atoms with Gasteiger partial charge in [-0.2, -0.15) is 0 Å². The van der Waals surface area contributed by atoms with E-state index in [0.29, 0.717) is 22.5 Å². The molecule has 6 heteroatoms. The van der Waals surface area contributed by atoms with Gasteiger partial charge in [0.1, 0.15) is 5.69 Å². The van der Waals surface area contributed by atoms with Crippen molar-refractivity contribution in [3.8, 4) is 11.1 Å². The van der Waals surface area contributed by atoms with Gasteiger partial charge in [-0.05, 0) is 50.5 Å². The molecule has 1 heterocycles. The number of aromatic nitrogens is 1. The number of aromatic amines is 1. The van der Waals surface area contributed by atoms with Crippen molar-refractivity contribution in [1.82, 2.24) is 4.98 Å². The highest BCUT2D eigenvalue weighted by Gasteiger charge is 2.29. The van der Waals surface area contributed by atoms with Crippen molar-refractivity contribution in [2.75, 3.05) is 11.9 Å². The fourth-order valence-electron chi connectivity index (χ4n) is 3.39. The first-order valence-corrected chi connectivity index (χ1v) is 10.3. The average Bonchev–Trinajstić information content (AvgIpc) is 3.11. The maximum absolute atomic E-state index is 13.1. The first-order chi connectivity index (χ1) is 14.8. The molecule has 0 saturated heterocycles. The predicted molar refractivity (Wildman–Crippen MR) is 120 cm³/mol. The van der Waals surface area contributed by atoms with Gasteiger partial charge in [0.05, 0.1) is 12.2 Å². The monoisotopic (exact) mass is 418 g/mol. The van der Waals surface area contributed by atoms with Crippen molar-refractivity contribution in [3.05, 3.63) is 76.6 Å². The van der Waals surface area contributed by atoms with E-state index in [2.05, 4.69) is 10.3 Å². The molecule has 0 saturated carbocycles. The van der Waals surface area contributed by atoms with E-state index in [4.69, 9.17) is 4.74 Å². The molecule has 0 spiro atoms. The zero-order chi connectivity index (χ0) is 22.5. The van der Waals surface area contributed by atoms with Crippen LogP contribution < -0.4 is 5.32 Å². The van der Waals surface area contributed by atoms with Crippen LogP contribution in [0, 0.1) is 13.8 Å². The van der Waals surface area contributed by atoms with Crippen molar-refractivity contribution >= 4 is 23.3 Å². The van der Waals surface area contributed by atoms with Gasteiger partial charge in [0.15, 0.2) is 0 Å². The first-order valence-electron chi connectivity index (χ1n) is 10.3. The Morgan fingerprint density at radius 2 is 1.58 bits per heavy atom. The molecule has 1 aromatic heterocycles. The van der Waals surface area contributed by atoms with E-state index in [1.165, 1.54) is 0 Å². The molecular formula is C25H26N2O4. The van der Waals surface area contributed by atoms with Crippen LogP contribution in [0.5, 0.6) is 0 Å². The van der Waals surface area contributed by atoms with E-state index >= 15 is 0 Å². The largest absolute Gasteiger partial charge is 0.462 e. The van der Waals surface area contributed by atoms with Gasteiger partial charge in [0.2, 0.25) is 0 Å². The van der Waals surface area contributed by atoms with Crippen molar-refractivity contribution in [2.24, 2.45) is 0 Å². The molecule has 0 aliphatic rings. The standard InChI is InChI=1S/C25H26N2O4/c1-5-17-9-13-19(14-10-17)27-24(29)23(28)22-21(18-11-7-15(3)8-12-18)20(16(4)26-22)25(30)31-6-2/h7-14,26H,5-6H2,1-4H3,(H,27,29). The van der Waals surface area contributed by atoms with Gasteiger partial charge < -0.3 is 15.0 Å². The Balaban J connectivity index is 2.01. The zero-order valence-electron chi connectivity index (χ0n) is 18.2. The van der Waals surface area contributed by atoms with Crippen LogP contribution in [0.2, 0.25) is 0 Å². The van der Waals surface area contributed by atoms with Crippen LogP contribution in [-0.4, -0.2) is 29.3 Å². The average molecular weight is 418 g/mol. The van der Waals surface area contributed by atoms with Crippen LogP contribution in [0.25, 0.3) is 11.1 Å². The lowest BCUT2D eigenvalue weighted by atomic mass is 9.97. The molecule has 3 rings (SSSR count). The number of benzene rings is 2. The number of esters is 1. The van der Waals surface area contributed by atoms with Gasteiger partial charge in [-0.1, -0.05) is 48.9 Å². The van der Waals surface area contributed by atoms with E-state index in [1.807, 2.05) is 50.2 Å². The molecule has 3 aromatic rings. The minimum absolute atomic E-state index is 0.0621. The highest BCUT2D eigenvalue weighted by Crippen LogP contribution is 2.32. The normalized spacial score (nSPS) is 10.6. The predicted octanol–water partition coefficient (Wildman–Crippen LogP) is 4.86. The zero-order valence-corrected chi connectivity index (χ0v) is 18.2. The number of anilines is 1. The van der Waals surface area contributed by atoms with Crippen molar-refractivity contribution in [1.29, 1.82) is 0 Å². The second-order valence-corrected chi connectivity index (χ2v) is 7.30. The molecule has 6 nitrogen and oxygen atoms in total. The number of amides is 1. The minimum atomic E-state index is -0.783. The van der Waals surface area contributed by atoms with Crippen LogP contribution >= 0.6 is 0 Å². The molecule has 0 radical (unpaired) electrons. The fraction of sp³-hybridized carbons (Fsp3) is 0.240. The van der Waals surface area contributed by atoms with E-state index in [9.17, 15) is 14.4 Å². The lowest BCUT2D eigenvalue weighted by Crippen LogP contribution is -2.24. The topological polar surface area (TPSA) is 88.3 Å². The van der Waals surface area contributed by atoms with Crippen LogP contribution in [0.15, 0.2) is 48.5 Å². The van der Waals surface area contributed by atoms with Crippen molar-refractivity contribution in [2.45, 2.75) is 34.1 Å². The molecule has 31 heavy (non-hydrogen) atoms. The van der Waals surface area contributed by atoms with E-state index in [-0.39, 0.29) is 17.9 Å². The lowest BCUT2D eigenvalue weighted by Gasteiger charge is -2.09. The molecule has 0 fully saturated rings. The number of carbonyl (C=O) groups excluding carboxylic acids is 3. The number of ether oxygens (including phenoxy) is 1. The summed E-state index contributed by atoms with van der Waals surface area (Å²) in [4.78, 5) is 41.4. The Morgan fingerprint density at radius 3 is 2.16 bits per heavy atom. The quantitative estimate of drug-likeness (QED) is 0.326. The maximum Gasteiger partial charge on any atom is 0.340 e. The highest BCUT2D eigenvalue weighted by atomic mass is 16.5. The third-order valence-corrected chi connectivity index (χ3v) is 5.06. The lowest BCUT2D eigenvalue weighted by molar-refractivity contribution is -0.112. The highest BCUT2D eigenvalue weighted by molar-refractivity contribution is 6.47. The summed E-state index contributed by atoms with van der Waals surface area (Å²) in [5.74, 6) is -2.08. The Kier molecular flexibility index (Phi) is 6.70. The minimum Gasteiger partial charge on any atom is -0.462 e. The summed E-state index contributed by atoms with van der Waals surface area (Å²) < 4.78 is 5.19. The van der Waals surface area contributed by atoms with E-state index < -0.39 is 17.7 Å². The molecule has 0 aliphatic carbocycles. The summed E-state index contributed by atoms with van der Waals surface area (Å²) in [6.07, 6.45) is 0.880. The number of H-pyrrole nitrogens is 1. The number of hydrogen-bond acceptors (Lipinski definition) is 4. The third-order valence-electron chi connectivity index (χ3n) is 5.06. The number of aryl methyl sites for hydroxylation is 3. The van der Waals surface area contributed by atoms with Crippen LogP contribution in [-0.2, 0) is 16.0 Å². The van der Waals surface area contributed by atoms with Gasteiger partial charge in [-0.3, -0.25) is 9.59 Å². The van der Waals surface area contributed by atoms with Crippen LogP contribution in [0.1, 0.15) is 51.5 Å². The summed E-state index contributed by atoms with van der Waals surface area (Å²) in [6, 6.07) is 14.7. The fourth-order valence-corrected chi connectivity index (χ4v) is 3.39. The van der Waals surface area contributed by atoms with Gasteiger partial charge in [-0.15, -0.1) is 0 Å². The molecule has 0 unspecified atom stereocenters. The SMILES string of the molecule is CCOC(=O)c1c(C)[nH]c(C(=O)C(=O)Nc2ccc(CC)cc2)c1-c1ccc(C)cc1. The van der Waals surface area contributed by atoms with E-state index in [0.717, 1.165) is 17.5 Å². The van der Waals surface area contributed by atoms with Gasteiger partial charge in [-0.25, -0.2) is 4.79 Å². The Bertz CT molecular complexity index is 1110. The molecule has 2 aromatic carbocycles. The molecule has 1 amide bonds. The van der Waals surface area contributed by atoms with Crippen molar-refractivity contribution < 1.29 is 19.1 Å². The Labute approximate surface area is 181 Å². The number of nitrogens with one attached hydrogen (secondary N) is 2. The summed E-state index contributed by atoms with van der Waals surface area (Å²) in [5, 5.41) is 2.64. The molecule has 0 atom stereocenters. The molecule has 2 N–H and O–H groups in total. The number of ketones is 1. The second-order valence-electron chi connectivity index (χ2n) is 7.30. The number of carbonyl (C=O) groups is 3. The molecule has 0 aliphatic heterocycles. The molecular weight excluding hydrogens is 392 g/mol. The van der Waals surface area contributed by atoms with Crippen LogP contribution in [0.3, 0.4) is 0 Å². The number of hydrogen-bond donors (Lipinski definition) is 2. The van der Waals surface area contributed by atoms with Gasteiger partial charge in [0.25, 0.3) is 11.7 Å². The number of rotatable bonds is 7. The van der Waals surface area contributed by atoms with Crippen molar-refractivity contribution in [3.63, 3.8) is 0 Å². The smallest absolute Gasteiger partial charge is 0.340 e.